The fourth-order valence-corrected chi connectivity index (χ4v) is 1.97. The van der Waals surface area contributed by atoms with Gasteiger partial charge < -0.3 is 15.5 Å². The number of rotatable bonds is 5. The lowest BCUT2D eigenvalue weighted by Crippen LogP contribution is -2.14. The van der Waals surface area contributed by atoms with Crippen molar-refractivity contribution in [3.05, 3.63) is 53.5 Å². The Morgan fingerprint density at radius 2 is 2.22 bits per heavy atom. The molecule has 1 aromatic carbocycles. The lowest BCUT2D eigenvalue weighted by Gasteiger charge is -2.11. The molecule has 2 aromatic rings. The number of hydrogen-bond acceptors (Lipinski definition) is 3. The minimum absolute atomic E-state index is 0.412. The summed E-state index contributed by atoms with van der Waals surface area (Å²) in [7, 11) is 0. The second-order valence-corrected chi connectivity index (χ2v) is 4.61. The quantitative estimate of drug-likeness (QED) is 0.812. The van der Waals surface area contributed by atoms with Crippen molar-refractivity contribution in [1.29, 1.82) is 0 Å². The fourth-order valence-electron chi connectivity index (χ4n) is 1.79. The zero-order valence-corrected chi connectivity index (χ0v) is 11.1. The summed E-state index contributed by atoms with van der Waals surface area (Å²) in [5, 5.41) is 3.35. The van der Waals surface area contributed by atoms with E-state index in [0.29, 0.717) is 4.99 Å². The lowest BCUT2D eigenvalue weighted by atomic mass is 10.1. The average molecular weight is 260 g/mol. The van der Waals surface area contributed by atoms with Crippen molar-refractivity contribution >= 4 is 22.9 Å². The number of benzene rings is 1. The highest BCUT2D eigenvalue weighted by Crippen LogP contribution is 2.17. The molecule has 0 spiro atoms. The average Bonchev–Trinajstić information content (AvgIpc) is 2.82. The zero-order chi connectivity index (χ0) is 13.0. The monoisotopic (exact) mass is 260 g/mol. The van der Waals surface area contributed by atoms with E-state index in [-0.39, 0.29) is 0 Å². The summed E-state index contributed by atoms with van der Waals surface area (Å²) >= 11 is 5.04. The fraction of sp³-hybridized carbons (Fsp3) is 0.214. The van der Waals surface area contributed by atoms with Crippen molar-refractivity contribution in [2.24, 2.45) is 5.73 Å². The normalized spacial score (nSPS) is 10.3. The van der Waals surface area contributed by atoms with Gasteiger partial charge in [0.2, 0.25) is 0 Å². The van der Waals surface area contributed by atoms with Gasteiger partial charge in [0.1, 0.15) is 10.7 Å². The molecule has 2 rings (SSSR count). The van der Waals surface area contributed by atoms with Crippen LogP contribution in [-0.2, 0) is 6.42 Å². The number of furan rings is 1. The highest BCUT2D eigenvalue weighted by molar-refractivity contribution is 7.80. The van der Waals surface area contributed by atoms with Crippen LogP contribution in [0.5, 0.6) is 0 Å². The Hall–Kier alpha value is -1.81. The van der Waals surface area contributed by atoms with Crippen LogP contribution in [0.4, 0.5) is 5.69 Å². The van der Waals surface area contributed by atoms with Crippen LogP contribution in [-0.4, -0.2) is 11.5 Å². The van der Waals surface area contributed by atoms with Gasteiger partial charge in [-0.25, -0.2) is 0 Å². The molecule has 1 aromatic heterocycles. The van der Waals surface area contributed by atoms with Crippen LogP contribution in [0.2, 0.25) is 0 Å². The number of hydrogen-bond donors (Lipinski definition) is 2. The van der Waals surface area contributed by atoms with Crippen LogP contribution in [0, 0.1) is 6.92 Å². The molecule has 0 aliphatic carbocycles. The molecule has 4 heteroatoms. The first-order chi connectivity index (χ1) is 8.66. The van der Waals surface area contributed by atoms with Gasteiger partial charge in [-0.15, -0.1) is 0 Å². The van der Waals surface area contributed by atoms with E-state index in [9.17, 15) is 0 Å². The van der Waals surface area contributed by atoms with Gasteiger partial charge in [-0.2, -0.15) is 0 Å². The lowest BCUT2D eigenvalue weighted by molar-refractivity contribution is 0.513. The number of nitrogens with one attached hydrogen (secondary N) is 1. The molecule has 94 valence electrons. The van der Waals surface area contributed by atoms with Crippen LogP contribution < -0.4 is 11.1 Å². The Kier molecular flexibility index (Phi) is 3.99. The Morgan fingerprint density at radius 1 is 1.39 bits per heavy atom. The van der Waals surface area contributed by atoms with Gasteiger partial charge in [0.25, 0.3) is 0 Å². The van der Waals surface area contributed by atoms with E-state index >= 15 is 0 Å². The van der Waals surface area contributed by atoms with Gasteiger partial charge in [0, 0.05) is 24.2 Å². The molecule has 0 aliphatic rings. The Bertz CT molecular complexity index is 535. The third-order valence-electron chi connectivity index (χ3n) is 2.71. The molecule has 3 N–H and O–H groups in total. The minimum atomic E-state index is 0.412. The molecule has 0 unspecified atom stereocenters. The predicted molar refractivity (Wildman–Crippen MR) is 78.0 cm³/mol. The molecule has 0 aliphatic heterocycles. The van der Waals surface area contributed by atoms with Gasteiger partial charge in [0.15, 0.2) is 0 Å². The van der Waals surface area contributed by atoms with Crippen LogP contribution in [0.3, 0.4) is 0 Å². The van der Waals surface area contributed by atoms with E-state index in [1.807, 2.05) is 31.2 Å². The molecule has 0 saturated heterocycles. The molecule has 0 saturated carbocycles. The first-order valence-electron chi connectivity index (χ1n) is 5.83. The van der Waals surface area contributed by atoms with Crippen molar-refractivity contribution in [1.82, 2.24) is 0 Å². The van der Waals surface area contributed by atoms with Crippen LogP contribution in [0.25, 0.3) is 0 Å². The largest absolute Gasteiger partial charge is 0.469 e. The van der Waals surface area contributed by atoms with Gasteiger partial charge in [0.05, 0.1) is 6.26 Å². The van der Waals surface area contributed by atoms with Crippen LogP contribution in [0.1, 0.15) is 16.9 Å². The number of anilines is 1. The van der Waals surface area contributed by atoms with E-state index in [2.05, 4.69) is 11.4 Å². The first-order valence-corrected chi connectivity index (χ1v) is 6.24. The van der Waals surface area contributed by atoms with Gasteiger partial charge in [-0.05, 0) is 36.8 Å². The molecule has 18 heavy (non-hydrogen) atoms. The van der Waals surface area contributed by atoms with Crippen molar-refractivity contribution in [2.45, 2.75) is 13.3 Å². The molecule has 0 radical (unpaired) electrons. The maximum Gasteiger partial charge on any atom is 0.106 e. The Morgan fingerprint density at radius 3 is 2.89 bits per heavy atom. The predicted octanol–water partition coefficient (Wildman–Crippen LogP) is 2.88. The smallest absolute Gasteiger partial charge is 0.106 e. The van der Waals surface area contributed by atoms with E-state index in [1.165, 1.54) is 5.56 Å². The molecular formula is C14H16N2OS. The third-order valence-corrected chi connectivity index (χ3v) is 2.93. The second-order valence-electron chi connectivity index (χ2n) is 4.17. The third kappa shape index (κ3) is 3.11. The van der Waals surface area contributed by atoms with Crippen molar-refractivity contribution in [2.75, 3.05) is 11.9 Å². The molecular weight excluding hydrogens is 244 g/mol. The standard InChI is InChI=1S/C14H16N2OS/c1-10-4-5-12(14(15)18)13(9-10)16-7-6-11-3-2-8-17-11/h2-5,8-9,16H,6-7H2,1H3,(H2,15,18). The molecule has 1 heterocycles. The molecule has 0 atom stereocenters. The summed E-state index contributed by atoms with van der Waals surface area (Å²) in [6.45, 7) is 2.83. The Labute approximate surface area is 112 Å². The van der Waals surface area contributed by atoms with Crippen molar-refractivity contribution in [3.63, 3.8) is 0 Å². The highest BCUT2D eigenvalue weighted by atomic mass is 32.1. The number of thiocarbonyl (C=S) groups is 1. The minimum Gasteiger partial charge on any atom is -0.469 e. The molecule has 0 fully saturated rings. The summed E-state index contributed by atoms with van der Waals surface area (Å²) in [5.74, 6) is 0.965. The Balaban J connectivity index is 2.03. The highest BCUT2D eigenvalue weighted by Gasteiger charge is 2.05. The summed E-state index contributed by atoms with van der Waals surface area (Å²) in [6.07, 6.45) is 2.51. The SMILES string of the molecule is Cc1ccc(C(N)=S)c(NCCc2ccco2)c1. The van der Waals surface area contributed by atoms with Gasteiger partial charge in [-0.3, -0.25) is 0 Å². The summed E-state index contributed by atoms with van der Waals surface area (Å²) in [5.41, 5.74) is 8.75. The summed E-state index contributed by atoms with van der Waals surface area (Å²) in [6, 6.07) is 9.87. The molecule has 0 bridgehead atoms. The summed E-state index contributed by atoms with van der Waals surface area (Å²) < 4.78 is 5.28. The van der Waals surface area contributed by atoms with E-state index in [1.54, 1.807) is 6.26 Å². The second kappa shape index (κ2) is 5.69. The van der Waals surface area contributed by atoms with Crippen molar-refractivity contribution in [3.8, 4) is 0 Å². The van der Waals surface area contributed by atoms with E-state index in [4.69, 9.17) is 22.4 Å². The van der Waals surface area contributed by atoms with Crippen molar-refractivity contribution < 1.29 is 4.42 Å². The first kappa shape index (κ1) is 12.6. The van der Waals surface area contributed by atoms with Gasteiger partial charge in [-0.1, -0.05) is 18.3 Å². The van der Waals surface area contributed by atoms with Gasteiger partial charge >= 0.3 is 0 Å². The maximum absolute atomic E-state index is 5.70. The van der Waals surface area contributed by atoms with Crippen LogP contribution >= 0.6 is 12.2 Å². The van der Waals surface area contributed by atoms with E-state index in [0.717, 1.165) is 30.0 Å². The van der Waals surface area contributed by atoms with E-state index < -0.39 is 0 Å². The topological polar surface area (TPSA) is 51.2 Å². The maximum atomic E-state index is 5.70. The molecule has 3 nitrogen and oxygen atoms in total. The number of aryl methyl sites for hydroxylation is 1. The summed E-state index contributed by atoms with van der Waals surface area (Å²) in [4.78, 5) is 0.412. The van der Waals surface area contributed by atoms with Crippen LogP contribution in [0.15, 0.2) is 41.0 Å². The number of nitrogens with two attached hydrogens (primary N) is 1. The zero-order valence-electron chi connectivity index (χ0n) is 10.3. The molecule has 0 amide bonds.